The second kappa shape index (κ2) is 4.43. The molecule has 0 spiro atoms. The van der Waals surface area contributed by atoms with Crippen molar-refractivity contribution in [2.24, 2.45) is 5.73 Å². The fraction of sp³-hybridized carbons (Fsp3) is 0.0833. The van der Waals surface area contributed by atoms with Crippen molar-refractivity contribution in [2.45, 2.75) is 6.54 Å². The van der Waals surface area contributed by atoms with E-state index in [1.807, 2.05) is 30.3 Å². The van der Waals surface area contributed by atoms with E-state index in [1.54, 1.807) is 12.4 Å². The molecule has 0 amide bonds. The molecule has 0 saturated carbocycles. The van der Waals surface area contributed by atoms with Gasteiger partial charge in [-0.3, -0.25) is 4.98 Å². The number of nitrogens with zero attached hydrogens (tertiary/aromatic N) is 1. The summed E-state index contributed by atoms with van der Waals surface area (Å²) in [5, 5.41) is 0.715. The van der Waals surface area contributed by atoms with Crippen molar-refractivity contribution in [2.75, 3.05) is 0 Å². The highest BCUT2D eigenvalue weighted by Crippen LogP contribution is 2.24. The Balaban J connectivity index is 2.43. The summed E-state index contributed by atoms with van der Waals surface area (Å²) in [6, 6.07) is 9.81. The molecule has 2 aromatic rings. The number of pyridine rings is 1. The van der Waals surface area contributed by atoms with E-state index in [2.05, 4.69) is 4.98 Å². The largest absolute Gasteiger partial charge is 0.326 e. The van der Waals surface area contributed by atoms with Crippen LogP contribution in [0.2, 0.25) is 5.02 Å². The predicted octanol–water partition coefficient (Wildman–Crippen LogP) is 2.86. The van der Waals surface area contributed by atoms with Crippen LogP contribution in [0.1, 0.15) is 5.56 Å². The minimum absolute atomic E-state index is 0.468. The maximum Gasteiger partial charge on any atom is 0.0457 e. The SMILES string of the molecule is NCc1ccc(-c2ccncc2)cc1Cl. The number of aromatic nitrogens is 1. The lowest BCUT2D eigenvalue weighted by molar-refractivity contribution is 1.07. The molecule has 1 heterocycles. The van der Waals surface area contributed by atoms with Crippen LogP contribution in [-0.4, -0.2) is 4.98 Å². The van der Waals surface area contributed by atoms with Gasteiger partial charge in [-0.1, -0.05) is 23.7 Å². The molecule has 0 aliphatic heterocycles. The first kappa shape index (κ1) is 10.1. The third kappa shape index (κ3) is 2.17. The van der Waals surface area contributed by atoms with Gasteiger partial charge < -0.3 is 5.73 Å². The monoisotopic (exact) mass is 218 g/mol. The molecule has 1 aromatic carbocycles. The first-order valence-electron chi connectivity index (χ1n) is 4.70. The summed E-state index contributed by atoms with van der Waals surface area (Å²) in [6.45, 7) is 0.468. The minimum Gasteiger partial charge on any atom is -0.326 e. The van der Waals surface area contributed by atoms with Gasteiger partial charge in [-0.2, -0.15) is 0 Å². The Labute approximate surface area is 93.7 Å². The molecule has 2 nitrogen and oxygen atoms in total. The molecule has 0 unspecified atom stereocenters. The lowest BCUT2D eigenvalue weighted by Gasteiger charge is -2.05. The van der Waals surface area contributed by atoms with Gasteiger partial charge in [0.05, 0.1) is 0 Å². The highest BCUT2D eigenvalue weighted by Gasteiger charge is 2.01. The lowest BCUT2D eigenvalue weighted by atomic mass is 10.1. The topological polar surface area (TPSA) is 38.9 Å². The third-order valence-corrected chi connectivity index (χ3v) is 2.64. The maximum absolute atomic E-state index is 6.08. The van der Waals surface area contributed by atoms with E-state index >= 15 is 0 Å². The summed E-state index contributed by atoms with van der Waals surface area (Å²) >= 11 is 6.08. The molecule has 0 fully saturated rings. The van der Waals surface area contributed by atoms with Crippen molar-refractivity contribution in [1.29, 1.82) is 0 Å². The number of hydrogen-bond donors (Lipinski definition) is 1. The van der Waals surface area contributed by atoms with Crippen molar-refractivity contribution in [3.8, 4) is 11.1 Å². The molecular weight excluding hydrogens is 208 g/mol. The summed E-state index contributed by atoms with van der Waals surface area (Å²) in [5.74, 6) is 0. The van der Waals surface area contributed by atoms with Gasteiger partial charge in [0.25, 0.3) is 0 Å². The summed E-state index contributed by atoms with van der Waals surface area (Å²) in [5.41, 5.74) is 8.70. The van der Waals surface area contributed by atoms with Gasteiger partial charge in [-0.05, 0) is 34.9 Å². The van der Waals surface area contributed by atoms with Crippen LogP contribution in [-0.2, 0) is 6.54 Å². The smallest absolute Gasteiger partial charge is 0.0457 e. The second-order valence-electron chi connectivity index (χ2n) is 3.25. The van der Waals surface area contributed by atoms with Crippen molar-refractivity contribution in [3.05, 3.63) is 53.3 Å². The molecule has 15 heavy (non-hydrogen) atoms. The van der Waals surface area contributed by atoms with Crippen molar-refractivity contribution in [1.82, 2.24) is 4.98 Å². The van der Waals surface area contributed by atoms with Crippen LogP contribution in [0.5, 0.6) is 0 Å². The van der Waals surface area contributed by atoms with Crippen LogP contribution in [0, 0.1) is 0 Å². The number of hydrogen-bond acceptors (Lipinski definition) is 2. The zero-order valence-electron chi connectivity index (χ0n) is 8.15. The van der Waals surface area contributed by atoms with Crippen LogP contribution in [0.4, 0.5) is 0 Å². The van der Waals surface area contributed by atoms with Gasteiger partial charge in [0, 0.05) is 24.0 Å². The highest BCUT2D eigenvalue weighted by atomic mass is 35.5. The minimum atomic E-state index is 0.468. The predicted molar refractivity (Wildman–Crippen MR) is 62.6 cm³/mol. The molecule has 76 valence electrons. The van der Waals surface area contributed by atoms with Gasteiger partial charge >= 0.3 is 0 Å². The van der Waals surface area contributed by atoms with Crippen molar-refractivity contribution in [3.63, 3.8) is 0 Å². The van der Waals surface area contributed by atoms with Crippen LogP contribution < -0.4 is 5.73 Å². The van der Waals surface area contributed by atoms with Crippen LogP contribution in [0.15, 0.2) is 42.7 Å². The third-order valence-electron chi connectivity index (χ3n) is 2.29. The van der Waals surface area contributed by atoms with Gasteiger partial charge in [-0.15, -0.1) is 0 Å². The molecule has 1 aromatic heterocycles. The van der Waals surface area contributed by atoms with Gasteiger partial charge in [-0.25, -0.2) is 0 Å². The summed E-state index contributed by atoms with van der Waals surface area (Å²) < 4.78 is 0. The van der Waals surface area contributed by atoms with Crippen molar-refractivity contribution >= 4 is 11.6 Å². The first-order chi connectivity index (χ1) is 7.31. The van der Waals surface area contributed by atoms with Crippen LogP contribution in [0.25, 0.3) is 11.1 Å². The van der Waals surface area contributed by atoms with Gasteiger partial charge in [0.15, 0.2) is 0 Å². The summed E-state index contributed by atoms with van der Waals surface area (Å²) in [7, 11) is 0. The number of benzene rings is 1. The molecule has 2 N–H and O–H groups in total. The Kier molecular flexibility index (Phi) is 2.99. The van der Waals surface area contributed by atoms with E-state index in [0.717, 1.165) is 16.7 Å². The quantitative estimate of drug-likeness (QED) is 0.842. The van der Waals surface area contributed by atoms with E-state index in [9.17, 15) is 0 Å². The Morgan fingerprint density at radius 1 is 1.07 bits per heavy atom. The Bertz CT molecular complexity index is 454. The molecule has 3 heteroatoms. The summed E-state index contributed by atoms with van der Waals surface area (Å²) in [4.78, 5) is 3.97. The molecule has 0 atom stereocenters. The van der Waals surface area contributed by atoms with Crippen molar-refractivity contribution < 1.29 is 0 Å². The van der Waals surface area contributed by atoms with E-state index < -0.39 is 0 Å². The van der Waals surface area contributed by atoms with E-state index in [4.69, 9.17) is 17.3 Å². The molecule has 2 rings (SSSR count). The zero-order valence-corrected chi connectivity index (χ0v) is 8.91. The molecular formula is C12H11ClN2. The maximum atomic E-state index is 6.08. The summed E-state index contributed by atoms with van der Waals surface area (Å²) in [6.07, 6.45) is 3.53. The molecule has 0 saturated heterocycles. The average molecular weight is 219 g/mol. The molecule has 0 radical (unpaired) electrons. The Morgan fingerprint density at radius 2 is 1.80 bits per heavy atom. The molecule has 0 aliphatic carbocycles. The Morgan fingerprint density at radius 3 is 2.40 bits per heavy atom. The standard InChI is InChI=1S/C12H11ClN2/c13-12-7-10(1-2-11(12)8-14)9-3-5-15-6-4-9/h1-7H,8,14H2. The first-order valence-corrected chi connectivity index (χ1v) is 5.08. The van der Waals surface area contributed by atoms with E-state index in [1.165, 1.54) is 0 Å². The molecule has 0 aliphatic rings. The van der Waals surface area contributed by atoms with Gasteiger partial charge in [0.1, 0.15) is 0 Å². The zero-order chi connectivity index (χ0) is 10.7. The number of rotatable bonds is 2. The normalized spacial score (nSPS) is 10.3. The number of halogens is 1. The van der Waals surface area contributed by atoms with E-state index in [0.29, 0.717) is 11.6 Å². The Hall–Kier alpha value is -1.38. The van der Waals surface area contributed by atoms with Crippen LogP contribution >= 0.6 is 11.6 Å². The average Bonchev–Trinajstić information content (AvgIpc) is 2.30. The second-order valence-corrected chi connectivity index (χ2v) is 3.65. The fourth-order valence-corrected chi connectivity index (χ4v) is 1.69. The van der Waals surface area contributed by atoms with Crippen LogP contribution in [0.3, 0.4) is 0 Å². The lowest BCUT2D eigenvalue weighted by Crippen LogP contribution is -1.96. The highest BCUT2D eigenvalue weighted by molar-refractivity contribution is 6.31. The number of nitrogens with two attached hydrogens (primary N) is 1. The fourth-order valence-electron chi connectivity index (χ4n) is 1.44. The van der Waals surface area contributed by atoms with Gasteiger partial charge in [0.2, 0.25) is 0 Å². The molecule has 0 bridgehead atoms. The van der Waals surface area contributed by atoms with E-state index in [-0.39, 0.29) is 0 Å².